The standard InChI is InChI=1S/C16H11NO3S2/c18-13(14-7-4-8-21-14)9-20-16(19)12-10-22-15(17-12)11-5-2-1-3-6-11/h1-8,10H,9H2. The highest BCUT2D eigenvalue weighted by Crippen LogP contribution is 2.23. The van der Waals surface area contributed by atoms with Gasteiger partial charge >= 0.3 is 5.97 Å². The Hall–Kier alpha value is -2.31. The van der Waals surface area contributed by atoms with E-state index in [1.807, 2.05) is 35.7 Å². The van der Waals surface area contributed by atoms with Gasteiger partial charge in [-0.1, -0.05) is 36.4 Å². The maximum Gasteiger partial charge on any atom is 0.358 e. The second kappa shape index (κ2) is 6.64. The van der Waals surface area contributed by atoms with Crippen LogP contribution < -0.4 is 0 Å². The quantitative estimate of drug-likeness (QED) is 0.526. The third-order valence-corrected chi connectivity index (χ3v) is 4.67. The summed E-state index contributed by atoms with van der Waals surface area (Å²) in [6, 6.07) is 13.1. The van der Waals surface area contributed by atoms with Gasteiger partial charge in [-0.2, -0.15) is 0 Å². The van der Waals surface area contributed by atoms with Crippen LogP contribution in [0.4, 0.5) is 0 Å². The lowest BCUT2D eigenvalue weighted by Gasteiger charge is -2.00. The fourth-order valence-electron chi connectivity index (χ4n) is 1.79. The van der Waals surface area contributed by atoms with Gasteiger partial charge in [-0.15, -0.1) is 22.7 Å². The third-order valence-electron chi connectivity index (χ3n) is 2.86. The number of Topliss-reactive ketones (excluding diaryl/α,β-unsaturated/α-hetero) is 1. The van der Waals surface area contributed by atoms with Crippen LogP contribution in [-0.4, -0.2) is 23.3 Å². The van der Waals surface area contributed by atoms with Gasteiger partial charge in [0.25, 0.3) is 0 Å². The van der Waals surface area contributed by atoms with Crippen LogP contribution in [0.1, 0.15) is 20.2 Å². The first kappa shape index (κ1) is 14.6. The molecule has 0 aliphatic heterocycles. The monoisotopic (exact) mass is 329 g/mol. The average molecular weight is 329 g/mol. The van der Waals surface area contributed by atoms with Crippen LogP contribution >= 0.6 is 22.7 Å². The van der Waals surface area contributed by atoms with Gasteiger partial charge in [0.2, 0.25) is 5.78 Å². The number of thiazole rings is 1. The number of rotatable bonds is 5. The van der Waals surface area contributed by atoms with E-state index < -0.39 is 5.97 Å². The molecule has 0 aliphatic carbocycles. The first-order valence-electron chi connectivity index (χ1n) is 6.49. The normalized spacial score (nSPS) is 10.4. The van der Waals surface area contributed by atoms with E-state index in [9.17, 15) is 9.59 Å². The molecule has 3 aromatic rings. The van der Waals surface area contributed by atoms with Gasteiger partial charge in [-0.05, 0) is 11.4 Å². The smallest absolute Gasteiger partial charge is 0.358 e. The molecule has 2 heterocycles. The van der Waals surface area contributed by atoms with Crippen molar-refractivity contribution >= 4 is 34.4 Å². The Bertz CT molecular complexity index is 779. The zero-order valence-electron chi connectivity index (χ0n) is 11.4. The van der Waals surface area contributed by atoms with Gasteiger partial charge < -0.3 is 4.74 Å². The molecule has 2 aromatic heterocycles. The van der Waals surface area contributed by atoms with Gasteiger partial charge in [0.1, 0.15) is 5.01 Å². The molecular weight excluding hydrogens is 318 g/mol. The molecule has 0 spiro atoms. The van der Waals surface area contributed by atoms with Crippen LogP contribution in [0.5, 0.6) is 0 Å². The van der Waals surface area contributed by atoms with E-state index >= 15 is 0 Å². The van der Waals surface area contributed by atoms with E-state index in [4.69, 9.17) is 4.74 Å². The Morgan fingerprint density at radius 3 is 2.59 bits per heavy atom. The van der Waals surface area contributed by atoms with E-state index in [0.29, 0.717) is 4.88 Å². The van der Waals surface area contributed by atoms with Crippen LogP contribution in [0.2, 0.25) is 0 Å². The Morgan fingerprint density at radius 2 is 1.86 bits per heavy atom. The van der Waals surface area contributed by atoms with Crippen LogP contribution in [0.3, 0.4) is 0 Å². The number of ketones is 1. The minimum Gasteiger partial charge on any atom is -0.453 e. The van der Waals surface area contributed by atoms with Crippen LogP contribution in [-0.2, 0) is 4.74 Å². The number of nitrogens with zero attached hydrogens (tertiary/aromatic N) is 1. The van der Waals surface area contributed by atoms with Crippen molar-refractivity contribution in [3.63, 3.8) is 0 Å². The highest BCUT2D eigenvalue weighted by molar-refractivity contribution is 7.13. The Labute approximate surface area is 135 Å². The molecule has 0 bridgehead atoms. The lowest BCUT2D eigenvalue weighted by molar-refractivity contribution is 0.0471. The summed E-state index contributed by atoms with van der Waals surface area (Å²) >= 11 is 2.69. The molecule has 0 atom stereocenters. The first-order chi connectivity index (χ1) is 10.7. The predicted octanol–water partition coefficient (Wildman–Crippen LogP) is 3.91. The average Bonchev–Trinajstić information content (AvgIpc) is 3.24. The molecule has 6 heteroatoms. The minimum atomic E-state index is -0.580. The number of hydrogen-bond acceptors (Lipinski definition) is 6. The lowest BCUT2D eigenvalue weighted by atomic mass is 10.2. The molecule has 0 N–H and O–H groups in total. The summed E-state index contributed by atoms with van der Waals surface area (Å²) in [6.07, 6.45) is 0. The molecular formula is C16H11NO3S2. The molecule has 0 aliphatic rings. The van der Waals surface area contributed by atoms with E-state index in [0.717, 1.165) is 10.6 Å². The van der Waals surface area contributed by atoms with Crippen molar-refractivity contribution in [2.75, 3.05) is 6.61 Å². The zero-order chi connectivity index (χ0) is 15.4. The summed E-state index contributed by atoms with van der Waals surface area (Å²) in [4.78, 5) is 28.6. The summed E-state index contributed by atoms with van der Waals surface area (Å²) < 4.78 is 5.03. The van der Waals surface area contributed by atoms with Crippen molar-refractivity contribution < 1.29 is 14.3 Å². The number of esters is 1. The van der Waals surface area contributed by atoms with Crippen molar-refractivity contribution in [1.29, 1.82) is 0 Å². The molecule has 0 saturated heterocycles. The second-order valence-electron chi connectivity index (χ2n) is 4.38. The summed E-state index contributed by atoms with van der Waals surface area (Å²) in [5.41, 5.74) is 1.17. The largest absolute Gasteiger partial charge is 0.453 e. The van der Waals surface area contributed by atoms with Crippen LogP contribution in [0.15, 0.2) is 53.2 Å². The molecule has 22 heavy (non-hydrogen) atoms. The highest BCUT2D eigenvalue weighted by Gasteiger charge is 2.15. The summed E-state index contributed by atoms with van der Waals surface area (Å²) in [5.74, 6) is -0.787. The number of carbonyl (C=O) groups excluding carboxylic acids is 2. The Balaban J connectivity index is 1.64. The van der Waals surface area contributed by atoms with Crippen molar-refractivity contribution in [2.24, 2.45) is 0 Å². The van der Waals surface area contributed by atoms with Gasteiger partial charge in [-0.25, -0.2) is 9.78 Å². The highest BCUT2D eigenvalue weighted by atomic mass is 32.1. The Morgan fingerprint density at radius 1 is 1.05 bits per heavy atom. The van der Waals surface area contributed by atoms with Crippen molar-refractivity contribution in [3.8, 4) is 10.6 Å². The van der Waals surface area contributed by atoms with Crippen molar-refractivity contribution in [2.45, 2.75) is 0 Å². The van der Waals surface area contributed by atoms with E-state index in [2.05, 4.69) is 4.98 Å². The van der Waals surface area contributed by atoms with Crippen molar-refractivity contribution in [3.05, 3.63) is 63.8 Å². The molecule has 4 nitrogen and oxygen atoms in total. The van der Waals surface area contributed by atoms with Gasteiger partial charge in [0, 0.05) is 10.9 Å². The van der Waals surface area contributed by atoms with Crippen molar-refractivity contribution in [1.82, 2.24) is 4.98 Å². The van der Waals surface area contributed by atoms with Gasteiger partial charge in [-0.3, -0.25) is 4.79 Å². The maximum absolute atomic E-state index is 11.9. The summed E-state index contributed by atoms with van der Waals surface area (Å²) in [5, 5.41) is 4.19. The van der Waals surface area contributed by atoms with E-state index in [1.165, 1.54) is 22.7 Å². The second-order valence-corrected chi connectivity index (χ2v) is 6.19. The lowest BCUT2D eigenvalue weighted by Crippen LogP contribution is -2.13. The van der Waals surface area contributed by atoms with Gasteiger partial charge in [0.05, 0.1) is 4.88 Å². The van der Waals surface area contributed by atoms with Crippen LogP contribution in [0.25, 0.3) is 10.6 Å². The van der Waals surface area contributed by atoms with E-state index in [-0.39, 0.29) is 18.1 Å². The molecule has 3 rings (SSSR count). The molecule has 1 aromatic carbocycles. The number of hydrogen-bond donors (Lipinski definition) is 0. The topological polar surface area (TPSA) is 56.3 Å². The SMILES string of the molecule is O=C(OCC(=O)c1cccs1)c1csc(-c2ccccc2)n1. The zero-order valence-corrected chi connectivity index (χ0v) is 13.0. The molecule has 110 valence electrons. The Kier molecular flexibility index (Phi) is 4.41. The number of thiophene rings is 1. The summed E-state index contributed by atoms with van der Waals surface area (Å²) in [7, 11) is 0. The number of benzene rings is 1. The van der Waals surface area contributed by atoms with Gasteiger partial charge in [0.15, 0.2) is 12.3 Å². The fraction of sp³-hybridized carbons (Fsp3) is 0.0625. The van der Waals surface area contributed by atoms with E-state index in [1.54, 1.807) is 17.5 Å². The first-order valence-corrected chi connectivity index (χ1v) is 8.25. The molecule has 0 radical (unpaired) electrons. The minimum absolute atomic E-state index is 0.207. The molecule has 0 saturated carbocycles. The number of ether oxygens (including phenoxy) is 1. The predicted molar refractivity (Wildman–Crippen MR) is 86.5 cm³/mol. The fourth-order valence-corrected chi connectivity index (χ4v) is 3.24. The maximum atomic E-state index is 11.9. The molecule has 0 fully saturated rings. The van der Waals surface area contributed by atoms with Crippen LogP contribution in [0, 0.1) is 0 Å². The third kappa shape index (κ3) is 3.29. The summed E-state index contributed by atoms with van der Waals surface area (Å²) in [6.45, 7) is -0.266. The number of aromatic nitrogens is 1. The number of carbonyl (C=O) groups is 2. The molecule has 0 amide bonds. The molecule has 0 unspecified atom stereocenters.